The Morgan fingerprint density at radius 1 is 1.38 bits per heavy atom. The van der Waals surface area contributed by atoms with Crippen LogP contribution in [0, 0.1) is 0 Å². The first-order valence-electron chi connectivity index (χ1n) is 5.83. The van der Waals surface area contributed by atoms with Gasteiger partial charge in [-0.1, -0.05) is 38.4 Å². The van der Waals surface area contributed by atoms with Crippen LogP contribution in [0.2, 0.25) is 5.02 Å². The number of hydrogen-bond acceptors (Lipinski definition) is 2. The molecule has 0 aliphatic rings. The molecule has 1 unspecified atom stereocenters. The van der Waals surface area contributed by atoms with Crippen molar-refractivity contribution < 1.29 is 0 Å². The van der Waals surface area contributed by atoms with Crippen molar-refractivity contribution in [3.05, 3.63) is 28.8 Å². The maximum Gasteiger partial charge on any atom is 0.0545 e. The molecule has 0 saturated heterocycles. The van der Waals surface area contributed by atoms with Gasteiger partial charge in [0.05, 0.1) is 5.02 Å². The van der Waals surface area contributed by atoms with E-state index in [2.05, 4.69) is 44.3 Å². The second kappa shape index (κ2) is 7.21. The van der Waals surface area contributed by atoms with Gasteiger partial charge in [0.1, 0.15) is 0 Å². The second-order valence-corrected chi connectivity index (χ2v) is 5.77. The summed E-state index contributed by atoms with van der Waals surface area (Å²) in [5, 5.41) is 4.80. The molecule has 1 aromatic carbocycles. The van der Waals surface area contributed by atoms with E-state index in [9.17, 15) is 0 Å². The first-order valence-corrected chi connectivity index (χ1v) is 7.08. The van der Waals surface area contributed by atoms with E-state index in [1.165, 1.54) is 16.9 Å². The third-order valence-electron chi connectivity index (χ3n) is 2.48. The molecule has 0 heterocycles. The predicted molar refractivity (Wildman–Crippen MR) is 74.4 cm³/mol. The summed E-state index contributed by atoms with van der Waals surface area (Å²) in [6, 6.07) is 6.35. The maximum atomic E-state index is 6.26. The molecule has 1 rings (SSSR count). The highest BCUT2D eigenvalue weighted by Crippen LogP contribution is 2.32. The molecule has 1 aromatic rings. The van der Waals surface area contributed by atoms with Crippen LogP contribution >= 0.6 is 23.4 Å². The van der Waals surface area contributed by atoms with Gasteiger partial charge >= 0.3 is 0 Å². The Morgan fingerprint density at radius 2 is 2.12 bits per heavy atom. The Kier molecular flexibility index (Phi) is 6.25. The first-order chi connectivity index (χ1) is 7.67. The topological polar surface area (TPSA) is 12.0 Å². The third kappa shape index (κ3) is 4.36. The molecule has 0 aliphatic heterocycles. The molecule has 0 spiro atoms. The Morgan fingerprint density at radius 3 is 2.69 bits per heavy atom. The highest BCUT2D eigenvalue weighted by atomic mass is 35.5. The summed E-state index contributed by atoms with van der Waals surface area (Å²) in [4.78, 5) is 1.19. The maximum absolute atomic E-state index is 6.26. The zero-order chi connectivity index (χ0) is 12.0. The van der Waals surface area contributed by atoms with Gasteiger partial charge in [-0.15, -0.1) is 11.8 Å². The highest BCUT2D eigenvalue weighted by molar-refractivity contribution is 8.00. The molecule has 0 saturated carbocycles. The average molecular weight is 258 g/mol. The number of halogens is 1. The van der Waals surface area contributed by atoms with Crippen molar-refractivity contribution in [1.82, 2.24) is 5.32 Å². The standard InChI is InChI=1S/C13H20ClNS/c1-4-10(3)16-13-7-6-11(8-12(13)14)9-15-5-2/h6-8,10,15H,4-5,9H2,1-3H3. The van der Waals surface area contributed by atoms with Crippen LogP contribution in [0.25, 0.3) is 0 Å². The number of thioether (sulfide) groups is 1. The summed E-state index contributed by atoms with van der Waals surface area (Å²) in [5.41, 5.74) is 1.25. The van der Waals surface area contributed by atoms with Gasteiger partial charge in [0.25, 0.3) is 0 Å². The molecule has 0 bridgehead atoms. The van der Waals surface area contributed by atoms with Crippen LogP contribution in [0.1, 0.15) is 32.8 Å². The Balaban J connectivity index is 2.67. The van der Waals surface area contributed by atoms with Crippen molar-refractivity contribution in [3.8, 4) is 0 Å². The van der Waals surface area contributed by atoms with E-state index in [1.807, 2.05) is 11.8 Å². The largest absolute Gasteiger partial charge is 0.313 e. The summed E-state index contributed by atoms with van der Waals surface area (Å²) in [5.74, 6) is 0. The SMILES string of the molecule is CCNCc1ccc(SC(C)CC)c(Cl)c1. The summed E-state index contributed by atoms with van der Waals surface area (Å²) in [7, 11) is 0. The molecular weight excluding hydrogens is 238 g/mol. The van der Waals surface area contributed by atoms with Gasteiger partial charge in [0.15, 0.2) is 0 Å². The van der Waals surface area contributed by atoms with Gasteiger partial charge in [-0.25, -0.2) is 0 Å². The molecule has 3 heteroatoms. The van der Waals surface area contributed by atoms with Gasteiger partial charge in [-0.05, 0) is 30.7 Å². The zero-order valence-electron chi connectivity index (χ0n) is 10.2. The summed E-state index contributed by atoms with van der Waals surface area (Å²) < 4.78 is 0. The highest BCUT2D eigenvalue weighted by Gasteiger charge is 2.06. The van der Waals surface area contributed by atoms with E-state index < -0.39 is 0 Å². The van der Waals surface area contributed by atoms with Crippen molar-refractivity contribution in [2.45, 2.75) is 43.9 Å². The number of hydrogen-bond donors (Lipinski definition) is 1. The third-order valence-corrected chi connectivity index (χ3v) is 4.25. The molecule has 16 heavy (non-hydrogen) atoms. The second-order valence-electron chi connectivity index (χ2n) is 3.88. The minimum atomic E-state index is 0.622. The smallest absolute Gasteiger partial charge is 0.0545 e. The molecule has 0 radical (unpaired) electrons. The lowest BCUT2D eigenvalue weighted by Gasteiger charge is -2.11. The molecule has 1 atom stereocenters. The Hall–Kier alpha value is -0.180. The van der Waals surface area contributed by atoms with Gasteiger partial charge in [-0.3, -0.25) is 0 Å². The minimum absolute atomic E-state index is 0.622. The van der Waals surface area contributed by atoms with Crippen molar-refractivity contribution in [2.24, 2.45) is 0 Å². The van der Waals surface area contributed by atoms with Crippen molar-refractivity contribution in [1.29, 1.82) is 0 Å². The van der Waals surface area contributed by atoms with Crippen molar-refractivity contribution >= 4 is 23.4 Å². The average Bonchev–Trinajstić information content (AvgIpc) is 2.29. The zero-order valence-corrected chi connectivity index (χ0v) is 11.8. The van der Waals surface area contributed by atoms with Crippen molar-refractivity contribution in [2.75, 3.05) is 6.54 Å². The lowest BCUT2D eigenvalue weighted by Crippen LogP contribution is -2.11. The van der Waals surface area contributed by atoms with E-state index in [0.29, 0.717) is 5.25 Å². The van der Waals surface area contributed by atoms with Gasteiger partial charge in [0.2, 0.25) is 0 Å². The van der Waals surface area contributed by atoms with Crippen LogP contribution in [0.15, 0.2) is 23.1 Å². The van der Waals surface area contributed by atoms with E-state index >= 15 is 0 Å². The first kappa shape index (κ1) is 13.9. The molecule has 1 nitrogen and oxygen atoms in total. The molecular formula is C13H20ClNS. The Labute approximate surface area is 108 Å². The lowest BCUT2D eigenvalue weighted by molar-refractivity contribution is 0.726. The van der Waals surface area contributed by atoms with Crippen LogP contribution in [0.3, 0.4) is 0 Å². The quantitative estimate of drug-likeness (QED) is 0.761. The van der Waals surface area contributed by atoms with Crippen LogP contribution in [-0.4, -0.2) is 11.8 Å². The van der Waals surface area contributed by atoms with Crippen LogP contribution in [0.4, 0.5) is 0 Å². The molecule has 0 amide bonds. The molecule has 0 aliphatic carbocycles. The molecule has 1 N–H and O–H groups in total. The molecule has 90 valence electrons. The molecule has 0 fully saturated rings. The number of benzene rings is 1. The van der Waals surface area contributed by atoms with Crippen molar-refractivity contribution in [3.63, 3.8) is 0 Å². The van der Waals surface area contributed by atoms with E-state index in [1.54, 1.807) is 0 Å². The number of nitrogens with one attached hydrogen (secondary N) is 1. The number of rotatable bonds is 6. The van der Waals surface area contributed by atoms with E-state index in [-0.39, 0.29) is 0 Å². The lowest BCUT2D eigenvalue weighted by atomic mass is 10.2. The fraction of sp³-hybridized carbons (Fsp3) is 0.538. The minimum Gasteiger partial charge on any atom is -0.313 e. The van der Waals surface area contributed by atoms with Gasteiger partial charge < -0.3 is 5.32 Å². The van der Waals surface area contributed by atoms with Crippen LogP contribution in [0.5, 0.6) is 0 Å². The summed E-state index contributed by atoms with van der Waals surface area (Å²) in [6.07, 6.45) is 1.17. The summed E-state index contributed by atoms with van der Waals surface area (Å²) in [6.45, 7) is 8.42. The van der Waals surface area contributed by atoms with E-state index in [4.69, 9.17) is 11.6 Å². The van der Waals surface area contributed by atoms with Gasteiger partial charge in [0, 0.05) is 16.7 Å². The van der Waals surface area contributed by atoms with Crippen LogP contribution in [-0.2, 0) is 6.54 Å². The van der Waals surface area contributed by atoms with Crippen LogP contribution < -0.4 is 5.32 Å². The normalized spacial score (nSPS) is 12.8. The molecule has 0 aromatic heterocycles. The fourth-order valence-corrected chi connectivity index (χ4v) is 2.57. The summed E-state index contributed by atoms with van der Waals surface area (Å²) >= 11 is 8.11. The monoisotopic (exact) mass is 257 g/mol. The fourth-order valence-electron chi connectivity index (χ4n) is 1.32. The Bertz CT molecular complexity index is 328. The van der Waals surface area contributed by atoms with Gasteiger partial charge in [-0.2, -0.15) is 0 Å². The predicted octanol–water partition coefficient (Wildman–Crippen LogP) is 4.34. The van der Waals surface area contributed by atoms with E-state index in [0.717, 1.165) is 18.1 Å².